The Labute approximate surface area is 153 Å². The molecule has 2 N–H and O–H groups in total. The van der Waals surface area contributed by atoms with Gasteiger partial charge in [-0.15, -0.1) is 0 Å². The molecule has 0 saturated carbocycles. The third kappa shape index (κ3) is 8.39. The molecule has 1 atom stereocenters. The van der Waals surface area contributed by atoms with Gasteiger partial charge in [0.15, 0.2) is 5.11 Å². The molecule has 0 bridgehead atoms. The van der Waals surface area contributed by atoms with Crippen LogP contribution in [0.2, 0.25) is 0 Å². The number of halogens is 2. The number of carbonyl (C=O) groups excluding carboxylic acids is 1. The first-order chi connectivity index (χ1) is 10.9. The van der Waals surface area contributed by atoms with Crippen LogP contribution < -0.4 is 10.6 Å². The maximum absolute atomic E-state index is 11.5. The summed E-state index contributed by atoms with van der Waals surface area (Å²) in [5.41, 5.74) is 0. The molecule has 0 aromatic rings. The molecule has 0 aliphatic carbocycles. The molecular weight excluding hydrogens is 353 g/mol. The lowest BCUT2D eigenvalue weighted by Crippen LogP contribution is -2.41. The van der Waals surface area contributed by atoms with Gasteiger partial charge in [0.05, 0.1) is 0 Å². The lowest BCUT2D eigenvalue weighted by atomic mass is 10.3. The van der Waals surface area contributed by atoms with E-state index in [9.17, 15) is 4.79 Å². The predicted molar refractivity (Wildman–Crippen MR) is 102 cm³/mol. The average molecular weight is 376 g/mol. The number of hydrogen-bond acceptors (Lipinski definition) is 2. The van der Waals surface area contributed by atoms with Crippen molar-refractivity contribution < 1.29 is 4.79 Å². The molecule has 1 rings (SSSR count). The van der Waals surface area contributed by atoms with Crippen molar-refractivity contribution in [3.63, 3.8) is 0 Å². The normalized spacial score (nSPS) is 17.2. The van der Waals surface area contributed by atoms with Crippen LogP contribution in [0.5, 0.6) is 0 Å². The molecule has 4 nitrogen and oxygen atoms in total. The average Bonchev–Trinajstić information content (AvgIpc) is 2.88. The van der Waals surface area contributed by atoms with E-state index in [1.54, 1.807) is 6.08 Å². The first-order valence-electron chi connectivity index (χ1n) is 7.61. The zero-order chi connectivity index (χ0) is 17.2. The quantitative estimate of drug-likeness (QED) is 0.388. The van der Waals surface area contributed by atoms with Crippen LogP contribution in [0.15, 0.2) is 34.9 Å². The van der Waals surface area contributed by atoms with Crippen LogP contribution in [-0.4, -0.2) is 41.6 Å². The Hall–Kier alpha value is -1.04. The van der Waals surface area contributed by atoms with E-state index in [0.717, 1.165) is 32.5 Å². The molecule has 128 valence electrons. The van der Waals surface area contributed by atoms with Gasteiger partial charge in [-0.3, -0.25) is 4.79 Å². The van der Waals surface area contributed by atoms with E-state index in [1.807, 2.05) is 17.9 Å². The second-order valence-corrected chi connectivity index (χ2v) is 6.59. The molecule has 1 heterocycles. The van der Waals surface area contributed by atoms with Gasteiger partial charge >= 0.3 is 0 Å². The van der Waals surface area contributed by atoms with Crippen molar-refractivity contribution in [1.29, 1.82) is 0 Å². The van der Waals surface area contributed by atoms with Gasteiger partial charge in [0.2, 0.25) is 5.91 Å². The van der Waals surface area contributed by atoms with Gasteiger partial charge < -0.3 is 15.5 Å². The van der Waals surface area contributed by atoms with Crippen LogP contribution in [0.4, 0.5) is 0 Å². The van der Waals surface area contributed by atoms with Crippen LogP contribution in [0.25, 0.3) is 0 Å². The largest absolute Gasteiger partial charge is 0.363 e. The fourth-order valence-corrected chi connectivity index (χ4v) is 2.96. The van der Waals surface area contributed by atoms with Crippen LogP contribution in [0.1, 0.15) is 26.2 Å². The van der Waals surface area contributed by atoms with E-state index in [0.29, 0.717) is 21.6 Å². The summed E-state index contributed by atoms with van der Waals surface area (Å²) in [6.45, 7) is 7.88. The molecule has 1 saturated heterocycles. The molecule has 1 aliphatic heterocycles. The summed E-state index contributed by atoms with van der Waals surface area (Å²) in [4.78, 5) is 13.4. The molecule has 0 aromatic heterocycles. The van der Waals surface area contributed by atoms with Gasteiger partial charge in [0.25, 0.3) is 0 Å². The predicted octanol–water partition coefficient (Wildman–Crippen LogP) is 3.28. The highest BCUT2D eigenvalue weighted by Crippen LogP contribution is 2.12. The van der Waals surface area contributed by atoms with Crippen molar-refractivity contribution in [3.8, 4) is 0 Å². The van der Waals surface area contributed by atoms with Gasteiger partial charge in [-0.25, -0.2) is 0 Å². The van der Waals surface area contributed by atoms with E-state index in [-0.39, 0.29) is 11.9 Å². The van der Waals surface area contributed by atoms with Crippen LogP contribution >= 0.6 is 35.4 Å². The highest BCUT2D eigenvalue weighted by atomic mass is 35.5. The number of rotatable bonds is 8. The summed E-state index contributed by atoms with van der Waals surface area (Å²) < 4.78 is 0. The standard InChI is InChI=1S/C16H23Cl2N3OS/c1-3-13(17)11-14(18)10-12(2)20-16(23)19-7-5-9-21-8-4-6-15(21)22/h3,10-12H,1,4-9H2,2H3,(H2,19,20,23)/b13-11+,14-10+. The van der Waals surface area contributed by atoms with E-state index in [4.69, 9.17) is 35.4 Å². The number of likely N-dealkylation sites (tertiary alicyclic amines) is 1. The van der Waals surface area contributed by atoms with E-state index >= 15 is 0 Å². The van der Waals surface area contributed by atoms with E-state index in [2.05, 4.69) is 17.2 Å². The summed E-state index contributed by atoms with van der Waals surface area (Å²) in [7, 11) is 0. The third-order valence-electron chi connectivity index (χ3n) is 3.30. The van der Waals surface area contributed by atoms with Crippen molar-refractivity contribution in [1.82, 2.24) is 15.5 Å². The summed E-state index contributed by atoms with van der Waals surface area (Å²) in [5, 5.41) is 7.81. The van der Waals surface area contributed by atoms with Crippen molar-refractivity contribution in [2.45, 2.75) is 32.2 Å². The van der Waals surface area contributed by atoms with Crippen LogP contribution in [-0.2, 0) is 4.79 Å². The molecule has 0 spiro atoms. The molecule has 7 heteroatoms. The minimum absolute atomic E-state index is 0.0341. The second-order valence-electron chi connectivity index (χ2n) is 5.31. The Kier molecular flexibility index (Phi) is 9.29. The number of hydrogen-bond donors (Lipinski definition) is 2. The van der Waals surface area contributed by atoms with E-state index in [1.165, 1.54) is 6.08 Å². The Morgan fingerprint density at radius 3 is 2.83 bits per heavy atom. The third-order valence-corrected chi connectivity index (χ3v) is 4.06. The number of nitrogens with one attached hydrogen (secondary N) is 2. The summed E-state index contributed by atoms with van der Waals surface area (Å²) in [6.07, 6.45) is 7.48. The molecule has 1 fully saturated rings. The molecular formula is C16H23Cl2N3OS. The van der Waals surface area contributed by atoms with Crippen molar-refractivity contribution in [3.05, 3.63) is 34.9 Å². The molecule has 0 aromatic carbocycles. The number of amides is 1. The smallest absolute Gasteiger partial charge is 0.222 e. The van der Waals surface area contributed by atoms with Crippen molar-refractivity contribution >= 4 is 46.4 Å². The van der Waals surface area contributed by atoms with Crippen LogP contribution in [0, 0.1) is 0 Å². The number of carbonyl (C=O) groups is 1. The van der Waals surface area contributed by atoms with Gasteiger partial charge in [0.1, 0.15) is 0 Å². The summed E-state index contributed by atoms with van der Waals surface area (Å²) in [6, 6.07) is -0.0341. The maximum Gasteiger partial charge on any atom is 0.222 e. The number of allylic oxidation sites excluding steroid dienone is 4. The molecule has 23 heavy (non-hydrogen) atoms. The zero-order valence-electron chi connectivity index (χ0n) is 13.3. The minimum atomic E-state index is -0.0341. The van der Waals surface area contributed by atoms with Gasteiger partial charge in [0, 0.05) is 42.2 Å². The minimum Gasteiger partial charge on any atom is -0.363 e. The number of thiocarbonyl (C=S) groups is 1. The molecule has 0 radical (unpaired) electrons. The number of nitrogens with zero attached hydrogens (tertiary/aromatic N) is 1. The molecule has 1 unspecified atom stereocenters. The topological polar surface area (TPSA) is 44.4 Å². The lowest BCUT2D eigenvalue weighted by Gasteiger charge is -2.17. The molecule has 1 amide bonds. The second kappa shape index (κ2) is 10.7. The summed E-state index contributed by atoms with van der Waals surface area (Å²) in [5.74, 6) is 0.255. The van der Waals surface area contributed by atoms with Crippen molar-refractivity contribution in [2.24, 2.45) is 0 Å². The molecule has 1 aliphatic rings. The maximum atomic E-state index is 11.5. The Morgan fingerprint density at radius 2 is 2.22 bits per heavy atom. The highest BCUT2D eigenvalue weighted by Gasteiger charge is 2.18. The van der Waals surface area contributed by atoms with Crippen molar-refractivity contribution in [2.75, 3.05) is 19.6 Å². The fourth-order valence-electron chi connectivity index (χ4n) is 2.19. The fraction of sp³-hybridized carbons (Fsp3) is 0.500. The van der Waals surface area contributed by atoms with Gasteiger partial charge in [-0.2, -0.15) is 0 Å². The van der Waals surface area contributed by atoms with Crippen LogP contribution in [0.3, 0.4) is 0 Å². The Bertz CT molecular complexity index is 506. The van der Waals surface area contributed by atoms with Gasteiger partial charge in [-0.1, -0.05) is 35.9 Å². The lowest BCUT2D eigenvalue weighted by molar-refractivity contribution is -0.127. The Balaban J connectivity index is 2.23. The Morgan fingerprint density at radius 1 is 1.48 bits per heavy atom. The SMILES string of the molecule is C=C/C(Cl)=C\C(Cl)=C/C(C)NC(=S)NCCCN1CCCC1=O. The first kappa shape index (κ1) is 20.0. The summed E-state index contributed by atoms with van der Waals surface area (Å²) >= 11 is 17.1. The highest BCUT2D eigenvalue weighted by molar-refractivity contribution is 7.80. The first-order valence-corrected chi connectivity index (χ1v) is 8.78. The van der Waals surface area contributed by atoms with E-state index < -0.39 is 0 Å². The van der Waals surface area contributed by atoms with Gasteiger partial charge in [-0.05, 0) is 44.1 Å². The monoisotopic (exact) mass is 375 g/mol. The zero-order valence-corrected chi connectivity index (χ0v) is 15.6.